The predicted molar refractivity (Wildman–Crippen MR) is 80.2 cm³/mol. The van der Waals surface area contributed by atoms with Crippen molar-refractivity contribution in [3.8, 4) is 5.75 Å². The predicted octanol–water partition coefficient (Wildman–Crippen LogP) is 3.09. The van der Waals surface area contributed by atoms with E-state index in [1.54, 1.807) is 0 Å². The molecule has 1 aromatic carbocycles. The maximum Gasteiger partial charge on any atom is 0.122 e. The Balaban J connectivity index is 1.36. The minimum Gasteiger partial charge on any atom is -0.493 e. The summed E-state index contributed by atoms with van der Waals surface area (Å²) in [6.45, 7) is 5.93. The van der Waals surface area contributed by atoms with Gasteiger partial charge in [-0.2, -0.15) is 0 Å². The summed E-state index contributed by atoms with van der Waals surface area (Å²) in [5, 5.41) is 3.57. The number of nitrogens with one attached hydrogen (secondary N) is 1. The van der Waals surface area contributed by atoms with Crippen molar-refractivity contribution in [2.24, 2.45) is 5.92 Å². The van der Waals surface area contributed by atoms with E-state index in [1.807, 2.05) is 0 Å². The van der Waals surface area contributed by atoms with Crippen LogP contribution in [0.25, 0.3) is 0 Å². The second kappa shape index (κ2) is 6.59. The molecule has 110 valence electrons. The smallest absolute Gasteiger partial charge is 0.122 e. The molecule has 3 heteroatoms. The van der Waals surface area contributed by atoms with E-state index in [-0.39, 0.29) is 0 Å². The largest absolute Gasteiger partial charge is 0.493 e. The molecule has 1 atom stereocenters. The molecule has 3 rings (SSSR count). The fourth-order valence-electron chi connectivity index (χ4n) is 2.62. The van der Waals surface area contributed by atoms with E-state index in [1.165, 1.54) is 24.0 Å². The Morgan fingerprint density at radius 2 is 2.30 bits per heavy atom. The molecule has 0 aromatic heterocycles. The molecule has 1 aliphatic carbocycles. The quantitative estimate of drug-likeness (QED) is 0.740. The molecule has 1 saturated carbocycles. The zero-order chi connectivity index (χ0) is 13.8. The Kier molecular flexibility index (Phi) is 4.58. The molecule has 0 radical (unpaired) electrons. The molecule has 1 aliphatic heterocycles. The first kappa shape index (κ1) is 13.9. The summed E-state index contributed by atoms with van der Waals surface area (Å²) in [7, 11) is 0. The summed E-state index contributed by atoms with van der Waals surface area (Å²) >= 11 is 0. The van der Waals surface area contributed by atoms with Gasteiger partial charge in [0.1, 0.15) is 5.75 Å². The number of hydrogen-bond donors (Lipinski definition) is 1. The summed E-state index contributed by atoms with van der Waals surface area (Å²) in [5.74, 6) is 1.94. The first-order valence-corrected chi connectivity index (χ1v) is 7.89. The monoisotopic (exact) mass is 275 g/mol. The normalized spacial score (nSPS) is 18.6. The van der Waals surface area contributed by atoms with Crippen LogP contribution in [0.5, 0.6) is 5.75 Å². The van der Waals surface area contributed by atoms with Gasteiger partial charge < -0.3 is 14.8 Å². The van der Waals surface area contributed by atoms with Crippen LogP contribution in [0, 0.1) is 5.92 Å². The summed E-state index contributed by atoms with van der Waals surface area (Å²) in [5.41, 5.74) is 2.71. The highest BCUT2D eigenvalue weighted by Gasteiger charge is 2.20. The third kappa shape index (κ3) is 3.74. The molecule has 20 heavy (non-hydrogen) atoms. The van der Waals surface area contributed by atoms with Gasteiger partial charge in [-0.1, -0.05) is 12.1 Å². The van der Waals surface area contributed by atoms with Crippen LogP contribution in [0.4, 0.5) is 0 Å². The first-order valence-electron chi connectivity index (χ1n) is 7.89. The van der Waals surface area contributed by atoms with E-state index < -0.39 is 0 Å². The number of hydrogen-bond acceptors (Lipinski definition) is 3. The SMILES string of the molecule is CC(NCCCOCC1CC1)c1ccc2c(c1)CCO2. The number of ether oxygens (including phenoxy) is 2. The Hall–Kier alpha value is -1.06. The average molecular weight is 275 g/mol. The van der Waals surface area contributed by atoms with E-state index in [0.29, 0.717) is 6.04 Å². The van der Waals surface area contributed by atoms with Crippen LogP contribution in [0.3, 0.4) is 0 Å². The Bertz CT molecular complexity index is 443. The maximum absolute atomic E-state index is 5.65. The number of benzene rings is 1. The van der Waals surface area contributed by atoms with Crippen molar-refractivity contribution in [3.05, 3.63) is 29.3 Å². The summed E-state index contributed by atoms with van der Waals surface area (Å²) in [6, 6.07) is 6.95. The highest BCUT2D eigenvalue weighted by Crippen LogP contribution is 2.29. The van der Waals surface area contributed by atoms with Crippen LogP contribution in [0.15, 0.2) is 18.2 Å². The second-order valence-corrected chi connectivity index (χ2v) is 6.01. The fourth-order valence-corrected chi connectivity index (χ4v) is 2.62. The Labute approximate surface area is 121 Å². The number of rotatable bonds is 8. The number of fused-ring (bicyclic) bond motifs is 1. The molecular weight excluding hydrogens is 250 g/mol. The van der Waals surface area contributed by atoms with Crippen molar-refractivity contribution in [1.82, 2.24) is 5.32 Å². The van der Waals surface area contributed by atoms with Gasteiger partial charge in [-0.25, -0.2) is 0 Å². The Morgan fingerprint density at radius 3 is 3.15 bits per heavy atom. The molecular formula is C17H25NO2. The van der Waals surface area contributed by atoms with E-state index in [9.17, 15) is 0 Å². The van der Waals surface area contributed by atoms with Crippen molar-refractivity contribution in [2.45, 2.75) is 38.6 Å². The van der Waals surface area contributed by atoms with Crippen LogP contribution >= 0.6 is 0 Å². The van der Waals surface area contributed by atoms with E-state index in [0.717, 1.165) is 50.9 Å². The molecule has 0 amide bonds. The van der Waals surface area contributed by atoms with Gasteiger partial charge in [-0.15, -0.1) is 0 Å². The van der Waals surface area contributed by atoms with Crippen LogP contribution in [0.1, 0.15) is 43.4 Å². The van der Waals surface area contributed by atoms with Crippen molar-refractivity contribution in [3.63, 3.8) is 0 Å². The molecule has 0 spiro atoms. The van der Waals surface area contributed by atoms with Crippen molar-refractivity contribution in [1.29, 1.82) is 0 Å². The lowest BCUT2D eigenvalue weighted by Gasteiger charge is -2.15. The first-order chi connectivity index (χ1) is 9.83. The zero-order valence-electron chi connectivity index (χ0n) is 12.4. The van der Waals surface area contributed by atoms with Crippen molar-refractivity contribution in [2.75, 3.05) is 26.4 Å². The van der Waals surface area contributed by atoms with Gasteiger partial charge >= 0.3 is 0 Å². The zero-order valence-corrected chi connectivity index (χ0v) is 12.4. The van der Waals surface area contributed by atoms with Crippen LogP contribution in [-0.2, 0) is 11.2 Å². The Morgan fingerprint density at radius 1 is 1.40 bits per heavy atom. The molecule has 1 heterocycles. The van der Waals surface area contributed by atoms with Crippen LogP contribution in [-0.4, -0.2) is 26.4 Å². The summed E-state index contributed by atoms with van der Waals surface area (Å²) in [4.78, 5) is 0. The van der Waals surface area contributed by atoms with Gasteiger partial charge in [0.25, 0.3) is 0 Å². The van der Waals surface area contributed by atoms with E-state index in [4.69, 9.17) is 9.47 Å². The van der Waals surface area contributed by atoms with Gasteiger partial charge in [0, 0.05) is 25.7 Å². The lowest BCUT2D eigenvalue weighted by atomic mass is 10.0. The molecule has 0 saturated heterocycles. The van der Waals surface area contributed by atoms with Gasteiger partial charge in [0.15, 0.2) is 0 Å². The molecule has 2 aliphatic rings. The standard InChI is InChI=1S/C17H25NO2/c1-13(18-8-2-9-19-12-14-3-4-14)15-5-6-17-16(11-15)7-10-20-17/h5-6,11,13-14,18H,2-4,7-10,12H2,1H3. The molecule has 1 N–H and O–H groups in total. The second-order valence-electron chi connectivity index (χ2n) is 6.01. The van der Waals surface area contributed by atoms with Gasteiger partial charge in [-0.05, 0) is 55.8 Å². The molecule has 3 nitrogen and oxygen atoms in total. The van der Waals surface area contributed by atoms with Crippen molar-refractivity contribution >= 4 is 0 Å². The topological polar surface area (TPSA) is 30.5 Å². The maximum atomic E-state index is 5.65. The molecule has 1 aromatic rings. The highest BCUT2D eigenvalue weighted by molar-refractivity contribution is 5.40. The third-order valence-electron chi connectivity index (χ3n) is 4.18. The highest BCUT2D eigenvalue weighted by atomic mass is 16.5. The lowest BCUT2D eigenvalue weighted by molar-refractivity contribution is 0.121. The molecule has 0 bridgehead atoms. The summed E-state index contributed by atoms with van der Waals surface area (Å²) < 4.78 is 11.2. The molecule has 1 fully saturated rings. The lowest BCUT2D eigenvalue weighted by Crippen LogP contribution is -2.21. The van der Waals surface area contributed by atoms with Crippen LogP contribution < -0.4 is 10.1 Å². The minimum atomic E-state index is 0.393. The third-order valence-corrected chi connectivity index (χ3v) is 4.18. The van der Waals surface area contributed by atoms with Gasteiger partial charge in [0.2, 0.25) is 0 Å². The molecule has 1 unspecified atom stereocenters. The summed E-state index contributed by atoms with van der Waals surface area (Å²) in [6.07, 6.45) is 4.88. The van der Waals surface area contributed by atoms with E-state index in [2.05, 4.69) is 30.4 Å². The van der Waals surface area contributed by atoms with Crippen LogP contribution in [0.2, 0.25) is 0 Å². The van der Waals surface area contributed by atoms with E-state index >= 15 is 0 Å². The van der Waals surface area contributed by atoms with Gasteiger partial charge in [-0.3, -0.25) is 0 Å². The van der Waals surface area contributed by atoms with Gasteiger partial charge in [0.05, 0.1) is 6.61 Å². The fraction of sp³-hybridized carbons (Fsp3) is 0.647. The van der Waals surface area contributed by atoms with Crippen molar-refractivity contribution < 1.29 is 9.47 Å². The minimum absolute atomic E-state index is 0.393. The average Bonchev–Trinajstić information content (AvgIpc) is 3.17.